The Hall–Kier alpha value is -1.26. The maximum atomic E-state index is 9.00. The summed E-state index contributed by atoms with van der Waals surface area (Å²) < 4.78 is 5.23. The highest BCUT2D eigenvalue weighted by molar-refractivity contribution is 5.39. The topological polar surface area (TPSA) is 39.9 Å². The number of nitrogens with zero attached hydrogens (tertiary/aromatic N) is 2. The molecule has 1 aliphatic rings. The predicted octanol–water partition coefficient (Wildman–Crippen LogP) is 0.821. The molecule has 0 aliphatic carbocycles. The van der Waals surface area contributed by atoms with E-state index in [0.29, 0.717) is 0 Å². The Morgan fingerprint density at radius 2 is 2.46 bits per heavy atom. The van der Waals surface area contributed by atoms with Gasteiger partial charge in [-0.2, -0.15) is 0 Å². The third kappa shape index (κ3) is 1.34. The number of rotatable bonds is 2. The van der Waals surface area contributed by atoms with E-state index in [9.17, 15) is 0 Å². The molecule has 1 aliphatic heterocycles. The van der Waals surface area contributed by atoms with Crippen molar-refractivity contribution >= 4 is 5.88 Å². The fourth-order valence-corrected chi connectivity index (χ4v) is 1.38. The van der Waals surface area contributed by atoms with Crippen LogP contribution in [0.5, 0.6) is 0 Å². The summed E-state index contributed by atoms with van der Waals surface area (Å²) in [4.78, 5) is 0. The number of hydrogen-bond donors (Lipinski definition) is 1. The molecule has 1 aromatic rings. The summed E-state index contributed by atoms with van der Waals surface area (Å²) >= 11 is 0. The minimum absolute atomic E-state index is 0.0464. The zero-order valence-electron chi connectivity index (χ0n) is 7.42. The van der Waals surface area contributed by atoms with Gasteiger partial charge in [0.05, 0.1) is 18.9 Å². The molecule has 0 saturated carbocycles. The fourth-order valence-electron chi connectivity index (χ4n) is 1.38. The van der Waals surface area contributed by atoms with E-state index < -0.39 is 0 Å². The fraction of sp³-hybridized carbons (Fsp3) is 0.333. The van der Waals surface area contributed by atoms with Crippen molar-refractivity contribution in [3.05, 3.63) is 30.7 Å². The first-order chi connectivity index (χ1) is 6.33. The molecule has 1 atom stereocenters. The molecule has 0 aromatic carbocycles. The Morgan fingerprint density at radius 3 is 3.00 bits per heavy atom. The van der Waals surface area contributed by atoms with Crippen molar-refractivity contribution in [2.24, 2.45) is 0 Å². The quantitative estimate of drug-likeness (QED) is 0.731. The van der Waals surface area contributed by atoms with Crippen LogP contribution in [0.1, 0.15) is 0 Å². The van der Waals surface area contributed by atoms with Crippen LogP contribution in [0.3, 0.4) is 0 Å². The molecular weight excluding hydrogens is 168 g/mol. The van der Waals surface area contributed by atoms with E-state index in [1.807, 2.05) is 41.5 Å². The van der Waals surface area contributed by atoms with Crippen LogP contribution in [0.2, 0.25) is 0 Å². The number of hydrogen-bond acceptors (Lipinski definition) is 4. The molecule has 2 rings (SSSR count). The van der Waals surface area contributed by atoms with E-state index in [0.717, 1.165) is 5.88 Å². The minimum atomic E-state index is 0.0464. The van der Waals surface area contributed by atoms with Gasteiger partial charge >= 0.3 is 0 Å². The molecule has 4 nitrogen and oxygen atoms in total. The van der Waals surface area contributed by atoms with Gasteiger partial charge in [0.25, 0.3) is 0 Å². The lowest BCUT2D eigenvalue weighted by Crippen LogP contribution is -2.39. The van der Waals surface area contributed by atoms with Gasteiger partial charge < -0.3 is 9.52 Å². The largest absolute Gasteiger partial charge is 0.447 e. The number of aliphatic hydroxyl groups excluding tert-OH is 1. The Morgan fingerprint density at radius 1 is 1.62 bits per heavy atom. The number of hydrazine groups is 1. The van der Waals surface area contributed by atoms with E-state index >= 15 is 0 Å². The Labute approximate surface area is 76.6 Å². The van der Waals surface area contributed by atoms with Crippen LogP contribution in [0.15, 0.2) is 35.1 Å². The summed E-state index contributed by atoms with van der Waals surface area (Å²) in [5.41, 5.74) is 0. The van der Waals surface area contributed by atoms with Gasteiger partial charge in [0, 0.05) is 19.3 Å². The Bertz CT molecular complexity index is 295. The highest BCUT2D eigenvalue weighted by Gasteiger charge is 2.24. The highest BCUT2D eigenvalue weighted by Crippen LogP contribution is 2.22. The third-order valence-electron chi connectivity index (χ3n) is 2.19. The van der Waals surface area contributed by atoms with E-state index in [-0.39, 0.29) is 12.6 Å². The molecule has 1 unspecified atom stereocenters. The van der Waals surface area contributed by atoms with E-state index in [1.165, 1.54) is 0 Å². The maximum absolute atomic E-state index is 9.00. The van der Waals surface area contributed by atoms with Gasteiger partial charge in [-0.25, -0.2) is 5.01 Å². The van der Waals surface area contributed by atoms with Crippen LogP contribution in [0.4, 0.5) is 5.88 Å². The summed E-state index contributed by atoms with van der Waals surface area (Å²) in [5.74, 6) is 0.759. The predicted molar refractivity (Wildman–Crippen MR) is 49.0 cm³/mol. The number of aliphatic hydroxyl groups is 1. The van der Waals surface area contributed by atoms with Crippen LogP contribution < -0.4 is 5.01 Å². The van der Waals surface area contributed by atoms with Crippen molar-refractivity contribution < 1.29 is 9.52 Å². The van der Waals surface area contributed by atoms with Crippen LogP contribution in [-0.4, -0.2) is 29.8 Å². The SMILES string of the molecule is CN1C(CO)C=CN1c1ccco1. The first-order valence-corrected chi connectivity index (χ1v) is 4.17. The smallest absolute Gasteiger partial charge is 0.213 e. The summed E-state index contributed by atoms with van der Waals surface area (Å²) in [6.45, 7) is 0.115. The molecule has 70 valence electrons. The second kappa shape index (κ2) is 3.24. The minimum Gasteiger partial charge on any atom is -0.447 e. The zero-order chi connectivity index (χ0) is 9.26. The van der Waals surface area contributed by atoms with Crippen molar-refractivity contribution in [1.82, 2.24) is 5.01 Å². The molecule has 2 heterocycles. The van der Waals surface area contributed by atoms with Gasteiger partial charge in [0.15, 0.2) is 0 Å². The van der Waals surface area contributed by atoms with E-state index in [4.69, 9.17) is 9.52 Å². The Kier molecular flexibility index (Phi) is 2.08. The molecule has 1 N–H and O–H groups in total. The molecule has 4 heteroatoms. The van der Waals surface area contributed by atoms with Crippen molar-refractivity contribution in [2.45, 2.75) is 6.04 Å². The summed E-state index contributed by atoms with van der Waals surface area (Å²) in [7, 11) is 1.91. The number of furan rings is 1. The van der Waals surface area contributed by atoms with Crippen LogP contribution >= 0.6 is 0 Å². The number of likely N-dealkylation sites (N-methyl/N-ethyl adjacent to an activating group) is 1. The molecule has 0 amide bonds. The molecule has 13 heavy (non-hydrogen) atoms. The first-order valence-electron chi connectivity index (χ1n) is 4.17. The summed E-state index contributed by atoms with van der Waals surface area (Å²) in [6, 6.07) is 3.76. The molecule has 0 saturated heterocycles. The lowest BCUT2D eigenvalue weighted by molar-refractivity contribution is 0.184. The molecule has 0 spiro atoms. The van der Waals surface area contributed by atoms with E-state index in [1.54, 1.807) is 6.26 Å². The normalized spacial score (nSPS) is 22.9. The van der Waals surface area contributed by atoms with Gasteiger partial charge in [-0.3, -0.25) is 5.01 Å². The van der Waals surface area contributed by atoms with E-state index in [2.05, 4.69) is 0 Å². The summed E-state index contributed by atoms with van der Waals surface area (Å²) in [5, 5.41) is 12.8. The lowest BCUT2D eigenvalue weighted by atomic mass is 10.3. The van der Waals surface area contributed by atoms with Gasteiger partial charge in [-0.15, -0.1) is 0 Å². The highest BCUT2D eigenvalue weighted by atomic mass is 16.4. The van der Waals surface area contributed by atoms with Gasteiger partial charge in [0.1, 0.15) is 0 Å². The van der Waals surface area contributed by atoms with Crippen LogP contribution in [-0.2, 0) is 0 Å². The standard InChI is InChI=1S/C9H12N2O2/c1-10-8(7-12)4-5-11(10)9-3-2-6-13-9/h2-6,8,12H,7H2,1H3. The van der Waals surface area contributed by atoms with Crippen molar-refractivity contribution in [3.8, 4) is 0 Å². The molecule has 0 radical (unpaired) electrons. The van der Waals surface area contributed by atoms with Crippen molar-refractivity contribution in [1.29, 1.82) is 0 Å². The monoisotopic (exact) mass is 180 g/mol. The Balaban J connectivity index is 2.16. The van der Waals surface area contributed by atoms with Crippen LogP contribution in [0, 0.1) is 0 Å². The lowest BCUT2D eigenvalue weighted by Gasteiger charge is -2.26. The van der Waals surface area contributed by atoms with Crippen LogP contribution in [0.25, 0.3) is 0 Å². The van der Waals surface area contributed by atoms with Gasteiger partial charge in [-0.05, 0) is 12.1 Å². The van der Waals surface area contributed by atoms with Crippen molar-refractivity contribution in [3.63, 3.8) is 0 Å². The third-order valence-corrected chi connectivity index (χ3v) is 2.19. The zero-order valence-corrected chi connectivity index (χ0v) is 7.42. The average Bonchev–Trinajstić information content (AvgIpc) is 2.72. The molecule has 1 aromatic heterocycles. The maximum Gasteiger partial charge on any atom is 0.213 e. The van der Waals surface area contributed by atoms with Gasteiger partial charge in [0.2, 0.25) is 5.88 Å². The molecule has 0 bridgehead atoms. The average molecular weight is 180 g/mol. The second-order valence-corrected chi connectivity index (χ2v) is 2.96. The molecular formula is C9H12N2O2. The van der Waals surface area contributed by atoms with Gasteiger partial charge in [-0.1, -0.05) is 0 Å². The van der Waals surface area contributed by atoms with Crippen molar-refractivity contribution in [2.75, 3.05) is 18.7 Å². The second-order valence-electron chi connectivity index (χ2n) is 2.96. The molecule has 0 fully saturated rings. The number of anilines is 1. The first kappa shape index (κ1) is 8.34. The summed E-state index contributed by atoms with van der Waals surface area (Å²) in [6.07, 6.45) is 5.45.